The first-order valence-electron chi connectivity index (χ1n) is 5.84. The molecule has 2 aromatic rings. The van der Waals surface area contributed by atoms with Gasteiger partial charge in [0, 0.05) is 18.5 Å². The van der Waals surface area contributed by atoms with Gasteiger partial charge in [-0.25, -0.2) is 12.8 Å². The second-order valence-corrected chi connectivity index (χ2v) is 6.82. The smallest absolute Gasteiger partial charge is 0.175 e. The van der Waals surface area contributed by atoms with Gasteiger partial charge in [0.1, 0.15) is 5.82 Å². The molecule has 0 saturated carbocycles. The maximum absolute atomic E-state index is 13.3. The molecule has 0 fully saturated rings. The molecule has 106 valence electrons. The summed E-state index contributed by atoms with van der Waals surface area (Å²) in [6.45, 7) is 0.423. The van der Waals surface area contributed by atoms with E-state index in [-0.39, 0.29) is 9.92 Å². The Bertz CT molecular complexity index is 714. The molecule has 1 N–H and O–H groups in total. The highest BCUT2D eigenvalue weighted by molar-refractivity contribution is 7.90. The van der Waals surface area contributed by atoms with Gasteiger partial charge in [-0.3, -0.25) is 0 Å². The van der Waals surface area contributed by atoms with E-state index in [9.17, 15) is 12.8 Å². The van der Waals surface area contributed by atoms with Crippen molar-refractivity contribution >= 4 is 27.1 Å². The van der Waals surface area contributed by atoms with Crippen LogP contribution in [-0.4, -0.2) is 14.7 Å². The summed E-state index contributed by atoms with van der Waals surface area (Å²) >= 11 is 5.61. The van der Waals surface area contributed by atoms with Crippen LogP contribution in [0.25, 0.3) is 0 Å². The Morgan fingerprint density at radius 1 is 1.15 bits per heavy atom. The van der Waals surface area contributed by atoms with Gasteiger partial charge in [-0.15, -0.1) is 0 Å². The van der Waals surface area contributed by atoms with E-state index in [1.807, 2.05) is 0 Å². The molecule has 0 aliphatic carbocycles. The molecule has 0 aliphatic heterocycles. The van der Waals surface area contributed by atoms with Gasteiger partial charge in [-0.1, -0.05) is 17.7 Å². The summed E-state index contributed by atoms with van der Waals surface area (Å²) in [6.07, 6.45) is 1.16. The first kappa shape index (κ1) is 14.8. The Labute approximate surface area is 122 Å². The van der Waals surface area contributed by atoms with Crippen molar-refractivity contribution in [2.45, 2.75) is 11.4 Å². The molecule has 0 spiro atoms. The first-order valence-corrected chi connectivity index (χ1v) is 8.11. The summed E-state index contributed by atoms with van der Waals surface area (Å²) in [4.78, 5) is 0.264. The number of rotatable bonds is 4. The Hall–Kier alpha value is -1.59. The number of anilines is 1. The lowest BCUT2D eigenvalue weighted by Crippen LogP contribution is -2.01. The number of benzene rings is 2. The van der Waals surface area contributed by atoms with Crippen LogP contribution in [0.15, 0.2) is 47.4 Å². The van der Waals surface area contributed by atoms with E-state index in [0.717, 1.165) is 17.5 Å². The minimum atomic E-state index is -3.19. The zero-order valence-corrected chi connectivity index (χ0v) is 12.3. The zero-order chi connectivity index (χ0) is 14.8. The van der Waals surface area contributed by atoms with Crippen molar-refractivity contribution in [1.82, 2.24) is 0 Å². The van der Waals surface area contributed by atoms with Crippen LogP contribution in [0.1, 0.15) is 5.56 Å². The fraction of sp³-hybridized carbons (Fsp3) is 0.143. The van der Waals surface area contributed by atoms with Gasteiger partial charge < -0.3 is 5.32 Å². The van der Waals surface area contributed by atoms with Crippen molar-refractivity contribution in [3.05, 3.63) is 58.9 Å². The molecule has 0 unspecified atom stereocenters. The molecular weight excluding hydrogens is 301 g/mol. The topological polar surface area (TPSA) is 46.2 Å². The number of halogens is 2. The second-order valence-electron chi connectivity index (χ2n) is 4.40. The molecule has 6 heteroatoms. The van der Waals surface area contributed by atoms with Crippen LogP contribution in [-0.2, 0) is 16.4 Å². The van der Waals surface area contributed by atoms with E-state index in [0.29, 0.717) is 6.54 Å². The molecule has 0 saturated heterocycles. The molecule has 20 heavy (non-hydrogen) atoms. The van der Waals surface area contributed by atoms with E-state index < -0.39 is 15.7 Å². The molecular formula is C14H13ClFNO2S. The van der Waals surface area contributed by atoms with E-state index in [4.69, 9.17) is 11.6 Å². The summed E-state index contributed by atoms with van der Waals surface area (Å²) in [7, 11) is -3.19. The van der Waals surface area contributed by atoms with Crippen molar-refractivity contribution in [2.24, 2.45) is 0 Å². The molecule has 2 aromatic carbocycles. The van der Waals surface area contributed by atoms with Crippen LogP contribution >= 0.6 is 11.6 Å². The fourth-order valence-corrected chi connectivity index (χ4v) is 2.42. The predicted molar refractivity (Wildman–Crippen MR) is 78.3 cm³/mol. The molecule has 2 rings (SSSR count). The average Bonchev–Trinajstić information content (AvgIpc) is 2.40. The first-order chi connectivity index (χ1) is 9.36. The fourth-order valence-electron chi connectivity index (χ4n) is 1.67. The molecule has 0 amide bonds. The van der Waals surface area contributed by atoms with Crippen LogP contribution < -0.4 is 5.32 Å². The Morgan fingerprint density at radius 2 is 1.80 bits per heavy atom. The van der Waals surface area contributed by atoms with Crippen molar-refractivity contribution in [2.75, 3.05) is 11.6 Å². The van der Waals surface area contributed by atoms with Crippen molar-refractivity contribution < 1.29 is 12.8 Å². The van der Waals surface area contributed by atoms with E-state index in [2.05, 4.69) is 5.32 Å². The monoisotopic (exact) mass is 313 g/mol. The molecule has 0 atom stereocenters. The SMILES string of the molecule is CS(=O)(=O)c1ccc(NCc2ccc(Cl)c(F)c2)cc1. The van der Waals surface area contributed by atoms with Gasteiger partial charge in [-0.2, -0.15) is 0 Å². The minimum absolute atomic E-state index is 0.0891. The van der Waals surface area contributed by atoms with Gasteiger partial charge in [0.2, 0.25) is 0 Å². The van der Waals surface area contributed by atoms with Crippen LogP contribution in [0.2, 0.25) is 5.02 Å². The highest BCUT2D eigenvalue weighted by atomic mass is 35.5. The molecule has 0 aliphatic rings. The highest BCUT2D eigenvalue weighted by Crippen LogP contribution is 2.18. The van der Waals surface area contributed by atoms with Gasteiger partial charge >= 0.3 is 0 Å². The molecule has 0 aromatic heterocycles. The second kappa shape index (κ2) is 5.81. The van der Waals surface area contributed by atoms with E-state index >= 15 is 0 Å². The quantitative estimate of drug-likeness (QED) is 0.939. The van der Waals surface area contributed by atoms with Crippen LogP contribution in [0, 0.1) is 5.82 Å². The maximum Gasteiger partial charge on any atom is 0.175 e. The molecule has 3 nitrogen and oxygen atoms in total. The molecule has 0 heterocycles. The van der Waals surface area contributed by atoms with Gasteiger partial charge in [0.15, 0.2) is 9.84 Å². The molecule has 0 bridgehead atoms. The number of nitrogens with one attached hydrogen (secondary N) is 1. The van der Waals surface area contributed by atoms with Crippen molar-refractivity contribution in [1.29, 1.82) is 0 Å². The summed E-state index contributed by atoms with van der Waals surface area (Å²) in [5.74, 6) is -0.460. The lowest BCUT2D eigenvalue weighted by Gasteiger charge is -2.08. The third kappa shape index (κ3) is 3.71. The third-order valence-corrected chi connectivity index (χ3v) is 4.20. The lowest BCUT2D eigenvalue weighted by molar-refractivity contribution is 0.602. The summed E-state index contributed by atoms with van der Waals surface area (Å²) in [6, 6.07) is 11.0. The normalized spacial score (nSPS) is 11.3. The number of hydrogen-bond acceptors (Lipinski definition) is 3. The Kier molecular flexibility index (Phi) is 4.30. The zero-order valence-electron chi connectivity index (χ0n) is 10.7. The van der Waals surface area contributed by atoms with Gasteiger partial charge in [-0.05, 0) is 42.0 Å². The third-order valence-electron chi connectivity index (χ3n) is 2.76. The number of sulfone groups is 1. The van der Waals surface area contributed by atoms with Crippen LogP contribution in [0.3, 0.4) is 0 Å². The lowest BCUT2D eigenvalue weighted by atomic mass is 10.2. The Balaban J connectivity index is 2.06. The standard InChI is InChI=1S/C14H13ClFNO2S/c1-20(18,19)12-5-3-11(4-6-12)17-9-10-2-7-13(15)14(16)8-10/h2-8,17H,9H2,1H3. The van der Waals surface area contributed by atoms with Crippen molar-refractivity contribution in [3.63, 3.8) is 0 Å². The van der Waals surface area contributed by atoms with E-state index in [1.54, 1.807) is 18.2 Å². The molecule has 0 radical (unpaired) electrons. The van der Waals surface area contributed by atoms with Crippen LogP contribution in [0.4, 0.5) is 10.1 Å². The van der Waals surface area contributed by atoms with Gasteiger partial charge in [0.25, 0.3) is 0 Å². The van der Waals surface area contributed by atoms with Crippen molar-refractivity contribution in [3.8, 4) is 0 Å². The van der Waals surface area contributed by atoms with E-state index in [1.165, 1.54) is 24.3 Å². The maximum atomic E-state index is 13.3. The average molecular weight is 314 g/mol. The summed E-state index contributed by atoms with van der Waals surface area (Å²) < 4.78 is 35.9. The largest absolute Gasteiger partial charge is 0.381 e. The van der Waals surface area contributed by atoms with Crippen LogP contribution in [0.5, 0.6) is 0 Å². The van der Waals surface area contributed by atoms with Gasteiger partial charge in [0.05, 0.1) is 9.92 Å². The highest BCUT2D eigenvalue weighted by Gasteiger charge is 2.06. The summed E-state index contributed by atoms with van der Waals surface area (Å²) in [5, 5.41) is 3.17. The number of hydrogen-bond donors (Lipinski definition) is 1. The predicted octanol–water partition coefficient (Wildman–Crippen LogP) is 3.49. The summed E-state index contributed by atoms with van der Waals surface area (Å²) in [5.41, 5.74) is 1.51. The Morgan fingerprint density at radius 3 is 2.35 bits per heavy atom. The minimum Gasteiger partial charge on any atom is -0.381 e.